The summed E-state index contributed by atoms with van der Waals surface area (Å²) in [7, 11) is 0. The molecule has 0 radical (unpaired) electrons. The molecule has 7 nitrogen and oxygen atoms in total. The Labute approximate surface area is 188 Å². The summed E-state index contributed by atoms with van der Waals surface area (Å²) in [6.45, 7) is 3.89. The maximum Gasteiger partial charge on any atom is 0.258 e. The first-order valence-corrected chi connectivity index (χ1v) is 11.5. The third-order valence-corrected chi connectivity index (χ3v) is 6.77. The minimum absolute atomic E-state index is 0.140. The van der Waals surface area contributed by atoms with E-state index in [9.17, 15) is 4.79 Å². The lowest BCUT2D eigenvalue weighted by atomic mass is 10.2. The van der Waals surface area contributed by atoms with Crippen molar-refractivity contribution >= 4 is 40.2 Å². The first-order valence-electron chi connectivity index (χ1n) is 10.2. The van der Waals surface area contributed by atoms with Gasteiger partial charge in [0.15, 0.2) is 5.16 Å². The monoisotopic (exact) mass is 452 g/mol. The second-order valence-electron chi connectivity index (χ2n) is 7.49. The standard InChI is InChI=1S/C22H21ClN6OS/c1-14(19-24-17-10-4-2-8-15(17)20(30)25-19)31-22-27-26-21(28-12-6-7-13-28)29(22)18-11-5-3-9-16(18)23/h2-5,8-11,14H,6-7,12-13H2,1H3,(H,24,25,30)/t14-/m1/s1. The van der Waals surface area contributed by atoms with Gasteiger partial charge >= 0.3 is 0 Å². The molecular formula is C22H21ClN6OS. The molecular weight excluding hydrogens is 432 g/mol. The summed E-state index contributed by atoms with van der Waals surface area (Å²) >= 11 is 8.04. The fourth-order valence-corrected chi connectivity index (χ4v) is 4.95. The van der Waals surface area contributed by atoms with Crippen LogP contribution in [0.3, 0.4) is 0 Å². The maximum absolute atomic E-state index is 12.5. The van der Waals surface area contributed by atoms with E-state index in [0.29, 0.717) is 26.9 Å². The van der Waals surface area contributed by atoms with Gasteiger partial charge in [-0.1, -0.05) is 47.6 Å². The summed E-state index contributed by atoms with van der Waals surface area (Å²) in [5.74, 6) is 1.39. The largest absolute Gasteiger partial charge is 0.341 e. The molecule has 31 heavy (non-hydrogen) atoms. The second kappa shape index (κ2) is 8.36. The van der Waals surface area contributed by atoms with E-state index in [-0.39, 0.29) is 10.8 Å². The number of aromatic nitrogens is 5. The fraction of sp³-hybridized carbons (Fsp3) is 0.273. The predicted octanol–water partition coefficient (Wildman–Crippen LogP) is 4.61. The molecule has 1 N–H and O–H groups in total. The maximum atomic E-state index is 12.5. The van der Waals surface area contributed by atoms with Crippen LogP contribution in [0.25, 0.3) is 16.6 Å². The topological polar surface area (TPSA) is 79.7 Å². The zero-order valence-corrected chi connectivity index (χ0v) is 18.5. The Balaban J connectivity index is 1.55. The molecule has 0 spiro atoms. The van der Waals surface area contributed by atoms with E-state index in [0.717, 1.165) is 37.6 Å². The molecule has 0 unspecified atom stereocenters. The van der Waals surface area contributed by atoms with Crippen molar-refractivity contribution in [2.75, 3.05) is 18.0 Å². The molecule has 1 aliphatic rings. The molecule has 2 aromatic heterocycles. The number of anilines is 1. The average Bonchev–Trinajstić information content (AvgIpc) is 3.44. The highest BCUT2D eigenvalue weighted by atomic mass is 35.5. The summed E-state index contributed by atoms with van der Waals surface area (Å²) in [6.07, 6.45) is 2.27. The van der Waals surface area contributed by atoms with Gasteiger partial charge in [-0.15, -0.1) is 10.2 Å². The number of para-hydroxylation sites is 2. The molecule has 0 bridgehead atoms. The number of thioether (sulfide) groups is 1. The van der Waals surface area contributed by atoms with Gasteiger partial charge in [0.25, 0.3) is 5.56 Å². The van der Waals surface area contributed by atoms with Crippen LogP contribution in [0.1, 0.15) is 30.8 Å². The third kappa shape index (κ3) is 3.81. The van der Waals surface area contributed by atoms with Crippen molar-refractivity contribution in [3.8, 4) is 5.69 Å². The van der Waals surface area contributed by atoms with Crippen molar-refractivity contribution in [2.45, 2.75) is 30.2 Å². The summed E-state index contributed by atoms with van der Waals surface area (Å²) < 4.78 is 2.01. The van der Waals surface area contributed by atoms with E-state index in [1.807, 2.05) is 54.0 Å². The van der Waals surface area contributed by atoms with Crippen LogP contribution in [0.2, 0.25) is 5.02 Å². The van der Waals surface area contributed by atoms with Gasteiger partial charge in [0.2, 0.25) is 5.95 Å². The number of nitrogens with zero attached hydrogens (tertiary/aromatic N) is 5. The zero-order valence-electron chi connectivity index (χ0n) is 17.0. The van der Waals surface area contributed by atoms with Crippen LogP contribution in [-0.2, 0) is 0 Å². The number of rotatable bonds is 5. The van der Waals surface area contributed by atoms with Crippen LogP contribution in [-0.4, -0.2) is 37.8 Å². The van der Waals surface area contributed by atoms with Gasteiger partial charge < -0.3 is 9.88 Å². The highest BCUT2D eigenvalue weighted by Crippen LogP contribution is 2.37. The third-order valence-electron chi connectivity index (χ3n) is 5.40. The number of fused-ring (bicyclic) bond motifs is 1. The van der Waals surface area contributed by atoms with Crippen LogP contribution in [0, 0.1) is 0 Å². The number of aromatic amines is 1. The fourth-order valence-electron chi connectivity index (χ4n) is 3.82. The molecule has 0 saturated carbocycles. The molecule has 1 fully saturated rings. The van der Waals surface area contributed by atoms with Gasteiger partial charge in [0, 0.05) is 13.1 Å². The van der Waals surface area contributed by atoms with Crippen LogP contribution >= 0.6 is 23.4 Å². The molecule has 1 aliphatic heterocycles. The molecule has 3 heterocycles. The van der Waals surface area contributed by atoms with Crippen molar-refractivity contribution in [1.29, 1.82) is 0 Å². The van der Waals surface area contributed by atoms with Crippen LogP contribution in [0.15, 0.2) is 58.5 Å². The van der Waals surface area contributed by atoms with Gasteiger partial charge in [0.05, 0.1) is 26.9 Å². The number of hydrogen-bond donors (Lipinski definition) is 1. The number of halogens is 1. The van der Waals surface area contributed by atoms with E-state index < -0.39 is 0 Å². The van der Waals surface area contributed by atoms with Gasteiger partial charge in [-0.2, -0.15) is 0 Å². The van der Waals surface area contributed by atoms with Crippen molar-refractivity contribution in [3.05, 3.63) is 69.7 Å². The first kappa shape index (κ1) is 20.1. The Bertz CT molecular complexity index is 1300. The summed E-state index contributed by atoms with van der Waals surface area (Å²) in [5, 5.41) is 10.8. The molecule has 1 saturated heterocycles. The summed E-state index contributed by atoms with van der Waals surface area (Å²) in [4.78, 5) is 22.3. The Morgan fingerprint density at radius 2 is 1.81 bits per heavy atom. The molecule has 2 aromatic carbocycles. The molecule has 0 amide bonds. The minimum atomic E-state index is -0.144. The lowest BCUT2D eigenvalue weighted by Gasteiger charge is -2.19. The van der Waals surface area contributed by atoms with E-state index in [1.165, 1.54) is 11.8 Å². The predicted molar refractivity (Wildman–Crippen MR) is 124 cm³/mol. The Morgan fingerprint density at radius 1 is 1.06 bits per heavy atom. The van der Waals surface area contributed by atoms with E-state index >= 15 is 0 Å². The lowest BCUT2D eigenvalue weighted by Crippen LogP contribution is -2.22. The van der Waals surface area contributed by atoms with Crippen molar-refractivity contribution < 1.29 is 0 Å². The zero-order chi connectivity index (χ0) is 21.4. The number of H-pyrrole nitrogens is 1. The summed E-state index contributed by atoms with van der Waals surface area (Å²) in [6, 6.07) is 15.0. The number of hydrogen-bond acceptors (Lipinski definition) is 6. The molecule has 5 rings (SSSR count). The summed E-state index contributed by atoms with van der Waals surface area (Å²) in [5.41, 5.74) is 1.38. The smallest absolute Gasteiger partial charge is 0.258 e. The normalized spacial score (nSPS) is 15.0. The van der Waals surface area contributed by atoms with Gasteiger partial charge in [0.1, 0.15) is 5.82 Å². The van der Waals surface area contributed by atoms with E-state index in [1.54, 1.807) is 6.07 Å². The first-order chi connectivity index (χ1) is 15.1. The van der Waals surface area contributed by atoms with Crippen LogP contribution in [0.4, 0.5) is 5.95 Å². The van der Waals surface area contributed by atoms with Crippen LogP contribution < -0.4 is 10.5 Å². The van der Waals surface area contributed by atoms with E-state index in [4.69, 9.17) is 11.6 Å². The minimum Gasteiger partial charge on any atom is -0.341 e. The Kier molecular flexibility index (Phi) is 5.41. The van der Waals surface area contributed by atoms with Gasteiger partial charge in [-0.3, -0.25) is 9.36 Å². The number of benzene rings is 2. The lowest BCUT2D eigenvalue weighted by molar-refractivity contribution is 0.834. The highest BCUT2D eigenvalue weighted by molar-refractivity contribution is 7.99. The van der Waals surface area contributed by atoms with Crippen LogP contribution in [0.5, 0.6) is 0 Å². The van der Waals surface area contributed by atoms with Crippen molar-refractivity contribution in [3.63, 3.8) is 0 Å². The molecule has 9 heteroatoms. The molecule has 0 aliphatic carbocycles. The highest BCUT2D eigenvalue weighted by Gasteiger charge is 2.25. The molecule has 158 valence electrons. The number of nitrogens with one attached hydrogen (secondary N) is 1. The Morgan fingerprint density at radius 3 is 2.61 bits per heavy atom. The van der Waals surface area contributed by atoms with Crippen molar-refractivity contribution in [1.82, 2.24) is 24.7 Å². The van der Waals surface area contributed by atoms with Gasteiger partial charge in [-0.05, 0) is 44.0 Å². The van der Waals surface area contributed by atoms with E-state index in [2.05, 4.69) is 25.1 Å². The Hall–Kier alpha value is -2.84. The second-order valence-corrected chi connectivity index (χ2v) is 9.21. The molecule has 4 aromatic rings. The average molecular weight is 453 g/mol. The SMILES string of the molecule is C[C@@H](Sc1nnc(N2CCCC2)n1-c1ccccc1Cl)c1nc2ccccc2c(=O)[nH]1. The molecule has 1 atom stereocenters. The quantitative estimate of drug-likeness (QED) is 0.445. The van der Waals surface area contributed by atoms with Gasteiger partial charge in [-0.25, -0.2) is 4.98 Å². The van der Waals surface area contributed by atoms with Crippen molar-refractivity contribution in [2.24, 2.45) is 0 Å².